The van der Waals surface area contributed by atoms with E-state index in [1.165, 1.54) is 19.3 Å². The van der Waals surface area contributed by atoms with Crippen molar-refractivity contribution in [3.05, 3.63) is 12.3 Å². The fourth-order valence-corrected chi connectivity index (χ4v) is 0.489. The number of hydrogen-bond donors (Lipinski definition) is 0. The van der Waals surface area contributed by atoms with E-state index in [0.717, 1.165) is 6.61 Å². The molecule has 0 amide bonds. The van der Waals surface area contributed by atoms with E-state index in [4.69, 9.17) is 4.74 Å². The molecule has 0 aromatic heterocycles. The standard InChI is InChI=1S/C6H14.C5H8O.2CH4/c1-5-6(2,3)4;1-2-4-6-5-3-1;;/h5H2,1-4H3;2,4H,1,3,5H2;2*1H4. The second kappa shape index (κ2) is 10.6. The van der Waals surface area contributed by atoms with Gasteiger partial charge in [-0.2, -0.15) is 0 Å². The van der Waals surface area contributed by atoms with Gasteiger partial charge in [0, 0.05) is 0 Å². The lowest BCUT2D eigenvalue weighted by atomic mass is 9.94. The molecule has 0 aromatic rings. The molecule has 0 saturated carbocycles. The summed E-state index contributed by atoms with van der Waals surface area (Å²) in [6.45, 7) is 9.85. The maximum Gasteiger partial charge on any atom is 0.0876 e. The van der Waals surface area contributed by atoms with Crippen molar-refractivity contribution < 1.29 is 4.74 Å². The second-order valence-corrected chi connectivity index (χ2v) is 4.30. The van der Waals surface area contributed by atoms with Crippen molar-refractivity contribution in [2.75, 3.05) is 6.61 Å². The van der Waals surface area contributed by atoms with Crippen molar-refractivity contribution in [3.8, 4) is 0 Å². The fraction of sp³-hybridized carbons (Fsp3) is 0.846. The highest BCUT2D eigenvalue weighted by molar-refractivity contribution is 4.76. The molecular weight excluding hydrogens is 172 g/mol. The van der Waals surface area contributed by atoms with Crippen molar-refractivity contribution in [1.82, 2.24) is 0 Å². The van der Waals surface area contributed by atoms with Crippen LogP contribution in [0.3, 0.4) is 0 Å². The normalized spacial score (nSPS) is 13.7. The highest BCUT2D eigenvalue weighted by Gasteiger charge is 2.03. The highest BCUT2D eigenvalue weighted by atomic mass is 16.5. The van der Waals surface area contributed by atoms with E-state index in [1.54, 1.807) is 6.26 Å². The van der Waals surface area contributed by atoms with Crippen LogP contribution in [0.25, 0.3) is 0 Å². The summed E-state index contributed by atoms with van der Waals surface area (Å²) >= 11 is 0. The summed E-state index contributed by atoms with van der Waals surface area (Å²) in [5.74, 6) is 0. The molecule has 1 heterocycles. The Morgan fingerprint density at radius 3 is 1.79 bits per heavy atom. The number of allylic oxidation sites excluding steroid dienone is 1. The molecule has 0 radical (unpaired) electrons. The van der Waals surface area contributed by atoms with Gasteiger partial charge in [0.2, 0.25) is 0 Å². The van der Waals surface area contributed by atoms with Gasteiger partial charge in [0.15, 0.2) is 0 Å². The number of hydrogen-bond acceptors (Lipinski definition) is 1. The van der Waals surface area contributed by atoms with Crippen LogP contribution in [0.4, 0.5) is 0 Å². The summed E-state index contributed by atoms with van der Waals surface area (Å²) in [6, 6.07) is 0. The first-order chi connectivity index (χ1) is 5.56. The van der Waals surface area contributed by atoms with Crippen molar-refractivity contribution in [1.29, 1.82) is 0 Å². The summed E-state index contributed by atoms with van der Waals surface area (Å²) in [5, 5.41) is 0. The maximum atomic E-state index is 4.89. The molecule has 1 heteroatoms. The van der Waals surface area contributed by atoms with Crippen molar-refractivity contribution >= 4 is 0 Å². The van der Waals surface area contributed by atoms with Crippen molar-refractivity contribution in [2.24, 2.45) is 5.41 Å². The van der Waals surface area contributed by atoms with Crippen molar-refractivity contribution in [2.45, 2.75) is 61.8 Å². The lowest BCUT2D eigenvalue weighted by Gasteiger charge is -2.12. The zero-order valence-corrected chi connectivity index (χ0v) is 8.89. The van der Waals surface area contributed by atoms with Gasteiger partial charge in [-0.15, -0.1) is 0 Å². The highest BCUT2D eigenvalue weighted by Crippen LogP contribution is 2.16. The Morgan fingerprint density at radius 1 is 1.21 bits per heavy atom. The lowest BCUT2D eigenvalue weighted by Crippen LogP contribution is -2.00. The third-order valence-corrected chi connectivity index (χ3v) is 1.89. The summed E-state index contributed by atoms with van der Waals surface area (Å²) in [4.78, 5) is 0. The smallest absolute Gasteiger partial charge is 0.0876 e. The molecule has 0 fully saturated rings. The molecule has 14 heavy (non-hydrogen) atoms. The molecule has 0 spiro atoms. The molecule has 88 valence electrons. The zero-order chi connectivity index (χ0) is 9.45. The molecule has 0 aliphatic carbocycles. The monoisotopic (exact) mass is 202 g/mol. The van der Waals surface area contributed by atoms with E-state index in [1.807, 2.05) is 6.08 Å². The minimum Gasteiger partial charge on any atom is -0.502 e. The van der Waals surface area contributed by atoms with Gasteiger partial charge in [-0.25, -0.2) is 0 Å². The Balaban J connectivity index is -0.000000151. The van der Waals surface area contributed by atoms with Gasteiger partial charge in [-0.3, -0.25) is 0 Å². The Labute approximate surface area is 91.6 Å². The summed E-state index contributed by atoms with van der Waals surface area (Å²) in [6.07, 6.45) is 7.47. The number of ether oxygens (including phenoxy) is 1. The van der Waals surface area contributed by atoms with Crippen LogP contribution in [0.5, 0.6) is 0 Å². The van der Waals surface area contributed by atoms with Crippen LogP contribution < -0.4 is 0 Å². The van der Waals surface area contributed by atoms with Crippen LogP contribution in [0.1, 0.15) is 61.8 Å². The van der Waals surface area contributed by atoms with Crippen LogP contribution in [-0.2, 0) is 4.74 Å². The Hall–Kier alpha value is -0.460. The van der Waals surface area contributed by atoms with Crippen LogP contribution in [0.15, 0.2) is 12.3 Å². The van der Waals surface area contributed by atoms with Crippen LogP contribution in [-0.4, -0.2) is 6.61 Å². The maximum absolute atomic E-state index is 4.89. The molecule has 1 aliphatic rings. The molecule has 1 rings (SSSR count). The van der Waals surface area contributed by atoms with E-state index < -0.39 is 0 Å². The van der Waals surface area contributed by atoms with Gasteiger partial charge in [0.05, 0.1) is 12.9 Å². The van der Waals surface area contributed by atoms with Gasteiger partial charge in [0.1, 0.15) is 0 Å². The molecule has 1 aliphatic heterocycles. The topological polar surface area (TPSA) is 9.23 Å². The van der Waals surface area contributed by atoms with Gasteiger partial charge in [0.25, 0.3) is 0 Å². The second-order valence-electron chi connectivity index (χ2n) is 4.30. The molecule has 0 N–H and O–H groups in total. The molecule has 0 atom stereocenters. The zero-order valence-electron chi connectivity index (χ0n) is 8.89. The fourth-order valence-electron chi connectivity index (χ4n) is 0.489. The van der Waals surface area contributed by atoms with Crippen LogP contribution >= 0.6 is 0 Å². The Morgan fingerprint density at radius 2 is 1.71 bits per heavy atom. The molecule has 0 bridgehead atoms. The molecule has 0 saturated heterocycles. The SMILES string of the molecule is C.C.C1=COCCC1.CCC(C)(C)C. The lowest BCUT2D eigenvalue weighted by molar-refractivity contribution is 0.231. The predicted octanol–water partition coefficient (Wildman–Crippen LogP) is 5.03. The van der Waals surface area contributed by atoms with Crippen LogP contribution in [0, 0.1) is 5.41 Å². The van der Waals surface area contributed by atoms with E-state index in [2.05, 4.69) is 27.7 Å². The summed E-state index contributed by atoms with van der Waals surface area (Å²) < 4.78 is 4.89. The van der Waals surface area contributed by atoms with Crippen LogP contribution in [0.2, 0.25) is 0 Å². The van der Waals surface area contributed by atoms with E-state index in [9.17, 15) is 0 Å². The largest absolute Gasteiger partial charge is 0.502 e. The van der Waals surface area contributed by atoms with E-state index >= 15 is 0 Å². The first kappa shape index (κ1) is 19.2. The van der Waals surface area contributed by atoms with Crippen molar-refractivity contribution in [3.63, 3.8) is 0 Å². The first-order valence-electron chi connectivity index (χ1n) is 4.83. The third kappa shape index (κ3) is 17.6. The van der Waals surface area contributed by atoms with Gasteiger partial charge >= 0.3 is 0 Å². The minimum atomic E-state index is 0. The molecule has 1 nitrogen and oxygen atoms in total. The van der Waals surface area contributed by atoms with Gasteiger partial charge in [-0.1, -0.05) is 49.0 Å². The third-order valence-electron chi connectivity index (χ3n) is 1.89. The summed E-state index contributed by atoms with van der Waals surface area (Å²) in [7, 11) is 0. The minimum absolute atomic E-state index is 0. The van der Waals surface area contributed by atoms with Gasteiger partial charge < -0.3 is 4.74 Å². The Bertz CT molecular complexity index is 112. The Kier molecular flexibility index (Phi) is 14.5. The van der Waals surface area contributed by atoms with E-state index in [0.29, 0.717) is 5.41 Å². The first-order valence-corrected chi connectivity index (χ1v) is 4.83. The van der Waals surface area contributed by atoms with E-state index in [-0.39, 0.29) is 14.9 Å². The molecular formula is C13H30O. The number of rotatable bonds is 0. The molecule has 0 unspecified atom stereocenters. The quantitative estimate of drug-likeness (QED) is 0.535. The predicted molar refractivity (Wildman–Crippen MR) is 67.5 cm³/mol. The average molecular weight is 202 g/mol. The summed E-state index contributed by atoms with van der Waals surface area (Å²) in [5.41, 5.74) is 0.542. The van der Waals surface area contributed by atoms with Gasteiger partial charge in [-0.05, 0) is 24.3 Å². The molecule has 0 aromatic carbocycles. The average Bonchev–Trinajstić information content (AvgIpc) is 2.07.